The van der Waals surface area contributed by atoms with E-state index >= 15 is 0 Å². The summed E-state index contributed by atoms with van der Waals surface area (Å²) in [6.07, 6.45) is 4.78. The molecule has 0 aliphatic rings. The first kappa shape index (κ1) is 14.1. The average molecular weight is 294 g/mol. The van der Waals surface area contributed by atoms with Crippen LogP contribution in [0.5, 0.6) is 0 Å². The second-order valence-corrected chi connectivity index (χ2v) is 4.85. The van der Waals surface area contributed by atoms with Crippen molar-refractivity contribution in [2.45, 2.75) is 13.3 Å². The molecule has 2 aromatic heterocycles. The molecule has 0 spiro atoms. The lowest BCUT2D eigenvalue weighted by atomic mass is 10.1. The number of hydrogen-bond donors (Lipinski definition) is 1. The molecule has 3 rings (SSSR count). The number of nitrogens with two attached hydrogens (primary N) is 1. The number of allylic oxidation sites excluding steroid dienone is 1. The molecule has 0 fully saturated rings. The predicted molar refractivity (Wildman–Crippen MR) is 86.5 cm³/mol. The number of aromatic nitrogens is 3. The summed E-state index contributed by atoms with van der Waals surface area (Å²) in [6.45, 7) is 2.04. The van der Waals surface area contributed by atoms with Crippen molar-refractivity contribution in [1.82, 2.24) is 15.0 Å². The molecule has 110 valence electrons. The van der Waals surface area contributed by atoms with Crippen molar-refractivity contribution in [2.24, 2.45) is 0 Å². The van der Waals surface area contributed by atoms with Gasteiger partial charge in [-0.05, 0) is 48.9 Å². The quantitative estimate of drug-likeness (QED) is 0.797. The summed E-state index contributed by atoms with van der Waals surface area (Å²) >= 11 is 0. The van der Waals surface area contributed by atoms with E-state index < -0.39 is 0 Å². The van der Waals surface area contributed by atoms with Gasteiger partial charge in [0.25, 0.3) is 0 Å². The molecule has 1 aromatic carbocycles. The number of pyridine rings is 1. The van der Waals surface area contributed by atoms with Crippen LogP contribution in [0.25, 0.3) is 28.4 Å². The monoisotopic (exact) mass is 294 g/mol. The van der Waals surface area contributed by atoms with E-state index in [-0.39, 0.29) is 11.8 Å². The Kier molecular flexibility index (Phi) is 3.78. The SMILES string of the molecule is CC/C=C/c1nc(N)nc2ccc(-c3ccc(F)cc3)nc12. The van der Waals surface area contributed by atoms with E-state index in [2.05, 4.69) is 15.0 Å². The predicted octanol–water partition coefficient (Wildman–Crippen LogP) is 3.84. The van der Waals surface area contributed by atoms with Crippen molar-refractivity contribution in [3.05, 3.63) is 54.0 Å². The van der Waals surface area contributed by atoms with E-state index in [9.17, 15) is 4.39 Å². The van der Waals surface area contributed by atoms with Gasteiger partial charge in [-0.3, -0.25) is 0 Å². The number of rotatable bonds is 3. The van der Waals surface area contributed by atoms with Gasteiger partial charge in [0.15, 0.2) is 0 Å². The van der Waals surface area contributed by atoms with Crippen LogP contribution in [0, 0.1) is 5.82 Å². The van der Waals surface area contributed by atoms with Gasteiger partial charge in [-0.2, -0.15) is 0 Å². The van der Waals surface area contributed by atoms with Crippen LogP contribution in [0.15, 0.2) is 42.5 Å². The highest BCUT2D eigenvalue weighted by molar-refractivity contribution is 5.85. The van der Waals surface area contributed by atoms with E-state index in [0.717, 1.165) is 17.7 Å². The molecular formula is C17H15FN4. The van der Waals surface area contributed by atoms with Crippen molar-refractivity contribution in [1.29, 1.82) is 0 Å². The van der Waals surface area contributed by atoms with E-state index in [1.165, 1.54) is 12.1 Å². The molecular weight excluding hydrogens is 279 g/mol. The first-order valence-electron chi connectivity index (χ1n) is 7.04. The van der Waals surface area contributed by atoms with Crippen molar-refractivity contribution in [2.75, 3.05) is 5.73 Å². The van der Waals surface area contributed by atoms with Crippen LogP contribution < -0.4 is 5.73 Å². The molecule has 0 radical (unpaired) electrons. The number of nitrogens with zero attached hydrogens (tertiary/aromatic N) is 3. The standard InChI is InChI=1S/C17H15FN4/c1-2-3-4-14-16-15(22-17(19)21-14)10-9-13(20-16)11-5-7-12(18)8-6-11/h3-10H,2H2,1H3,(H2,19,21,22)/b4-3+. The highest BCUT2D eigenvalue weighted by Crippen LogP contribution is 2.23. The maximum Gasteiger partial charge on any atom is 0.221 e. The van der Waals surface area contributed by atoms with Gasteiger partial charge in [0.1, 0.15) is 11.3 Å². The lowest BCUT2D eigenvalue weighted by molar-refractivity contribution is 0.628. The molecule has 0 amide bonds. The zero-order chi connectivity index (χ0) is 15.5. The molecule has 3 aromatic rings. The molecule has 4 nitrogen and oxygen atoms in total. The second-order valence-electron chi connectivity index (χ2n) is 4.85. The number of hydrogen-bond acceptors (Lipinski definition) is 4. The summed E-state index contributed by atoms with van der Waals surface area (Å²) in [5.41, 5.74) is 9.38. The maximum absolute atomic E-state index is 13.0. The molecule has 22 heavy (non-hydrogen) atoms. The minimum atomic E-state index is -0.271. The highest BCUT2D eigenvalue weighted by Gasteiger charge is 2.08. The van der Waals surface area contributed by atoms with Crippen LogP contribution in [0.1, 0.15) is 19.0 Å². The molecule has 5 heteroatoms. The van der Waals surface area contributed by atoms with Crippen molar-refractivity contribution >= 4 is 23.1 Å². The number of anilines is 1. The average Bonchev–Trinajstić information content (AvgIpc) is 2.53. The molecule has 0 bridgehead atoms. The molecule has 0 saturated carbocycles. The lowest BCUT2D eigenvalue weighted by Gasteiger charge is -2.06. The largest absolute Gasteiger partial charge is 0.368 e. The Morgan fingerprint density at radius 3 is 2.55 bits per heavy atom. The van der Waals surface area contributed by atoms with Crippen molar-refractivity contribution < 1.29 is 4.39 Å². The van der Waals surface area contributed by atoms with Crippen LogP contribution in [0.4, 0.5) is 10.3 Å². The number of halogens is 1. The van der Waals surface area contributed by atoms with E-state index in [4.69, 9.17) is 5.73 Å². The Bertz CT molecular complexity index is 841. The Morgan fingerprint density at radius 2 is 1.82 bits per heavy atom. The number of benzene rings is 1. The van der Waals surface area contributed by atoms with E-state index in [1.54, 1.807) is 12.1 Å². The topological polar surface area (TPSA) is 64.7 Å². The molecule has 2 N–H and O–H groups in total. The Hall–Kier alpha value is -2.82. The fraction of sp³-hybridized carbons (Fsp3) is 0.118. The molecule has 0 aliphatic heterocycles. The van der Waals surface area contributed by atoms with Gasteiger partial charge >= 0.3 is 0 Å². The van der Waals surface area contributed by atoms with Gasteiger partial charge in [-0.1, -0.05) is 13.0 Å². The Balaban J connectivity index is 2.17. The molecule has 0 aliphatic carbocycles. The smallest absolute Gasteiger partial charge is 0.221 e. The minimum absolute atomic E-state index is 0.222. The van der Waals surface area contributed by atoms with Gasteiger partial charge in [0.05, 0.1) is 16.9 Å². The van der Waals surface area contributed by atoms with Crippen molar-refractivity contribution in [3.8, 4) is 11.3 Å². The van der Waals surface area contributed by atoms with Crippen molar-refractivity contribution in [3.63, 3.8) is 0 Å². The number of nitrogen functional groups attached to an aromatic ring is 1. The second kappa shape index (κ2) is 5.89. The highest BCUT2D eigenvalue weighted by atomic mass is 19.1. The van der Waals surface area contributed by atoms with Crippen LogP contribution in [-0.2, 0) is 0 Å². The van der Waals surface area contributed by atoms with Crippen LogP contribution in [0.2, 0.25) is 0 Å². The molecule has 2 heterocycles. The maximum atomic E-state index is 13.0. The van der Waals surface area contributed by atoms with Crippen LogP contribution in [-0.4, -0.2) is 15.0 Å². The van der Waals surface area contributed by atoms with E-state index in [1.807, 2.05) is 31.2 Å². The lowest BCUT2D eigenvalue weighted by Crippen LogP contribution is -1.99. The number of fused-ring (bicyclic) bond motifs is 1. The van der Waals surface area contributed by atoms with Crippen LogP contribution in [0.3, 0.4) is 0 Å². The summed E-state index contributed by atoms with van der Waals surface area (Å²) in [6, 6.07) is 9.92. The normalized spacial score (nSPS) is 11.4. The third-order valence-corrected chi connectivity index (χ3v) is 3.24. The summed E-state index contributed by atoms with van der Waals surface area (Å²) in [4.78, 5) is 13.1. The Morgan fingerprint density at radius 1 is 1.05 bits per heavy atom. The molecule has 0 saturated heterocycles. The van der Waals surface area contributed by atoms with Gasteiger partial charge < -0.3 is 5.73 Å². The van der Waals surface area contributed by atoms with Gasteiger partial charge in [0, 0.05) is 5.56 Å². The van der Waals surface area contributed by atoms with Crippen LogP contribution >= 0.6 is 0 Å². The third kappa shape index (κ3) is 2.79. The first-order valence-corrected chi connectivity index (χ1v) is 7.04. The Labute approximate surface area is 127 Å². The summed E-state index contributed by atoms with van der Waals surface area (Å²) in [7, 11) is 0. The van der Waals surface area contributed by atoms with Gasteiger partial charge in [0.2, 0.25) is 5.95 Å². The molecule has 0 atom stereocenters. The third-order valence-electron chi connectivity index (χ3n) is 3.24. The summed E-state index contributed by atoms with van der Waals surface area (Å²) in [5, 5.41) is 0. The fourth-order valence-electron chi connectivity index (χ4n) is 2.18. The molecule has 0 unspecified atom stereocenters. The summed E-state index contributed by atoms with van der Waals surface area (Å²) in [5.74, 6) is -0.0493. The minimum Gasteiger partial charge on any atom is -0.368 e. The van der Waals surface area contributed by atoms with E-state index in [0.29, 0.717) is 16.7 Å². The van der Waals surface area contributed by atoms with Gasteiger partial charge in [-0.15, -0.1) is 0 Å². The summed E-state index contributed by atoms with van der Waals surface area (Å²) < 4.78 is 13.0. The van der Waals surface area contributed by atoms with Gasteiger partial charge in [-0.25, -0.2) is 19.3 Å². The first-order chi connectivity index (χ1) is 10.7. The zero-order valence-corrected chi connectivity index (χ0v) is 12.1. The zero-order valence-electron chi connectivity index (χ0n) is 12.1. The fourth-order valence-corrected chi connectivity index (χ4v) is 2.18.